The lowest BCUT2D eigenvalue weighted by Crippen LogP contribution is -2.29. The predicted molar refractivity (Wildman–Crippen MR) is 234 cm³/mol. The second-order valence-corrected chi connectivity index (χ2v) is 17.1. The number of rotatable bonds is 44. The van der Waals surface area contributed by atoms with Crippen molar-refractivity contribution in [2.24, 2.45) is 5.73 Å². The van der Waals surface area contributed by atoms with E-state index in [-0.39, 0.29) is 38.6 Å². The summed E-state index contributed by atoms with van der Waals surface area (Å²) in [4.78, 5) is 34.9. The smallest absolute Gasteiger partial charge is 0.462 e. The number of carbonyl (C=O) groups is 2. The molecule has 3 N–H and O–H groups in total. The van der Waals surface area contributed by atoms with Crippen molar-refractivity contribution < 1.29 is 37.6 Å². The molecule has 0 aliphatic carbocycles. The van der Waals surface area contributed by atoms with E-state index in [1.165, 1.54) is 154 Å². The number of carbonyl (C=O) groups excluding carboxylic acids is 2. The summed E-state index contributed by atoms with van der Waals surface area (Å²) in [6, 6.07) is 0. The first-order chi connectivity index (χ1) is 27.3. The Labute approximate surface area is 344 Å². The second kappa shape index (κ2) is 43.1. The van der Waals surface area contributed by atoms with Crippen LogP contribution in [-0.2, 0) is 32.7 Å². The van der Waals surface area contributed by atoms with Crippen molar-refractivity contribution in [3.63, 3.8) is 0 Å². The number of hydrogen-bond acceptors (Lipinski definition) is 8. The standard InChI is InChI=1S/C46H88NO8P/c1-3-5-7-9-11-13-15-17-19-21-22-23-25-26-28-30-32-34-36-38-45(48)52-42-44(43-54-56(50,51)53-41-40-47)55-46(49)39-37-35-33-31-29-27-24-20-18-16-14-12-10-8-6-4-2/h11,13,17,19,44H,3-10,12,14-16,18,20-43,47H2,1-2H3,(H,50,51)/b13-11+,19-17+/t44-/m1/s1. The minimum absolute atomic E-state index is 0.0547. The van der Waals surface area contributed by atoms with Gasteiger partial charge in [0.1, 0.15) is 6.61 Å². The fourth-order valence-electron chi connectivity index (χ4n) is 6.61. The van der Waals surface area contributed by atoms with Gasteiger partial charge in [-0.15, -0.1) is 0 Å². The summed E-state index contributed by atoms with van der Waals surface area (Å²) in [6.07, 6.45) is 46.3. The van der Waals surface area contributed by atoms with Crippen LogP contribution in [-0.4, -0.2) is 49.3 Å². The first kappa shape index (κ1) is 54.5. The number of hydrogen-bond donors (Lipinski definition) is 2. The highest BCUT2D eigenvalue weighted by molar-refractivity contribution is 7.47. The van der Waals surface area contributed by atoms with E-state index in [0.29, 0.717) is 6.42 Å². The van der Waals surface area contributed by atoms with E-state index < -0.39 is 26.5 Å². The molecule has 0 rings (SSSR count). The Hall–Kier alpha value is -1.51. The number of allylic oxidation sites excluding steroid dienone is 4. The van der Waals surface area contributed by atoms with E-state index in [1.54, 1.807) is 0 Å². The molecule has 10 heteroatoms. The van der Waals surface area contributed by atoms with Crippen molar-refractivity contribution in [1.29, 1.82) is 0 Å². The molecule has 56 heavy (non-hydrogen) atoms. The average Bonchev–Trinajstić information content (AvgIpc) is 3.18. The van der Waals surface area contributed by atoms with Gasteiger partial charge in [0.25, 0.3) is 0 Å². The molecule has 0 aromatic carbocycles. The third kappa shape index (κ3) is 42.1. The summed E-state index contributed by atoms with van der Waals surface area (Å²) in [6.45, 7) is 3.74. The molecule has 0 bridgehead atoms. The number of phosphoric acid groups is 1. The molecule has 0 aliphatic heterocycles. The lowest BCUT2D eigenvalue weighted by Gasteiger charge is -2.19. The van der Waals surface area contributed by atoms with Crippen LogP contribution < -0.4 is 5.73 Å². The van der Waals surface area contributed by atoms with Crippen LogP contribution in [0.1, 0.15) is 226 Å². The summed E-state index contributed by atoms with van der Waals surface area (Å²) in [5, 5.41) is 0. The van der Waals surface area contributed by atoms with Gasteiger partial charge in [0.2, 0.25) is 0 Å². The first-order valence-corrected chi connectivity index (χ1v) is 24.8. The molecule has 0 fully saturated rings. The van der Waals surface area contributed by atoms with Gasteiger partial charge in [0.15, 0.2) is 6.10 Å². The van der Waals surface area contributed by atoms with Gasteiger partial charge in [0, 0.05) is 19.4 Å². The molecule has 9 nitrogen and oxygen atoms in total. The average molecular weight is 814 g/mol. The number of esters is 2. The molecular weight excluding hydrogens is 725 g/mol. The largest absolute Gasteiger partial charge is 0.472 e. The lowest BCUT2D eigenvalue weighted by molar-refractivity contribution is -0.161. The molecule has 0 radical (unpaired) electrons. The Morgan fingerprint density at radius 2 is 0.929 bits per heavy atom. The maximum atomic E-state index is 12.6. The zero-order valence-corrected chi connectivity index (χ0v) is 37.3. The van der Waals surface area contributed by atoms with Crippen LogP contribution >= 0.6 is 7.82 Å². The number of nitrogens with two attached hydrogens (primary N) is 1. The maximum Gasteiger partial charge on any atom is 0.472 e. The van der Waals surface area contributed by atoms with Gasteiger partial charge in [-0.25, -0.2) is 4.57 Å². The molecule has 0 heterocycles. The molecule has 0 saturated carbocycles. The third-order valence-corrected chi connectivity index (χ3v) is 11.1. The Bertz CT molecular complexity index is 975. The molecule has 330 valence electrons. The molecule has 0 aromatic rings. The van der Waals surface area contributed by atoms with Crippen LogP contribution in [0.15, 0.2) is 24.3 Å². The fraction of sp³-hybridized carbons (Fsp3) is 0.870. The summed E-state index contributed by atoms with van der Waals surface area (Å²) < 4.78 is 32.8. The van der Waals surface area contributed by atoms with E-state index in [9.17, 15) is 19.0 Å². The summed E-state index contributed by atoms with van der Waals surface area (Å²) >= 11 is 0. The minimum Gasteiger partial charge on any atom is -0.462 e. The highest BCUT2D eigenvalue weighted by Crippen LogP contribution is 2.43. The SMILES string of the molecule is CCCCC/C=C/C/C=C/CCCCCCCCCCCC(=O)OC[C@H](COP(=O)(O)OCCN)OC(=O)CCCCCCCCCCCCCCCCCC. The molecule has 0 amide bonds. The van der Waals surface area contributed by atoms with Crippen LogP contribution in [0.5, 0.6) is 0 Å². The van der Waals surface area contributed by atoms with Crippen LogP contribution in [0.4, 0.5) is 0 Å². The van der Waals surface area contributed by atoms with E-state index >= 15 is 0 Å². The Morgan fingerprint density at radius 3 is 1.39 bits per heavy atom. The first-order valence-electron chi connectivity index (χ1n) is 23.3. The van der Waals surface area contributed by atoms with Gasteiger partial charge in [-0.3, -0.25) is 18.6 Å². The lowest BCUT2D eigenvalue weighted by atomic mass is 10.0. The maximum absolute atomic E-state index is 12.6. The topological polar surface area (TPSA) is 134 Å². The van der Waals surface area contributed by atoms with Crippen LogP contribution in [0.3, 0.4) is 0 Å². The van der Waals surface area contributed by atoms with Crippen LogP contribution in [0, 0.1) is 0 Å². The number of phosphoric ester groups is 1. The Kier molecular flexibility index (Phi) is 41.9. The van der Waals surface area contributed by atoms with Crippen LogP contribution in [0.25, 0.3) is 0 Å². The van der Waals surface area contributed by atoms with E-state index in [1.807, 2.05) is 0 Å². The summed E-state index contributed by atoms with van der Waals surface area (Å²) in [7, 11) is -4.37. The van der Waals surface area contributed by atoms with Crippen molar-refractivity contribution in [3.05, 3.63) is 24.3 Å². The van der Waals surface area contributed by atoms with E-state index in [0.717, 1.165) is 38.5 Å². The van der Waals surface area contributed by atoms with Crippen molar-refractivity contribution in [3.8, 4) is 0 Å². The highest BCUT2D eigenvalue weighted by Gasteiger charge is 2.26. The number of unbranched alkanes of at least 4 members (excludes halogenated alkanes) is 27. The van der Waals surface area contributed by atoms with Gasteiger partial charge >= 0.3 is 19.8 Å². The summed E-state index contributed by atoms with van der Waals surface area (Å²) in [5.74, 6) is -0.823. The normalized spacial score (nSPS) is 13.4. The Balaban J connectivity index is 4.08. The quantitative estimate of drug-likeness (QED) is 0.0267. The third-order valence-electron chi connectivity index (χ3n) is 10.1. The molecule has 2 atom stereocenters. The monoisotopic (exact) mass is 814 g/mol. The van der Waals surface area contributed by atoms with Crippen molar-refractivity contribution in [2.45, 2.75) is 232 Å². The van der Waals surface area contributed by atoms with E-state index in [4.69, 9.17) is 24.3 Å². The number of ether oxygens (including phenoxy) is 2. The zero-order chi connectivity index (χ0) is 41.1. The fourth-order valence-corrected chi connectivity index (χ4v) is 7.37. The molecule has 0 spiro atoms. The predicted octanol–water partition coefficient (Wildman–Crippen LogP) is 13.6. The van der Waals surface area contributed by atoms with E-state index in [2.05, 4.69) is 38.2 Å². The van der Waals surface area contributed by atoms with Gasteiger partial charge in [-0.05, 0) is 44.9 Å². The van der Waals surface area contributed by atoms with Crippen molar-refractivity contribution >= 4 is 19.8 Å². The minimum atomic E-state index is -4.37. The Morgan fingerprint density at radius 1 is 0.536 bits per heavy atom. The molecule has 1 unspecified atom stereocenters. The van der Waals surface area contributed by atoms with Crippen molar-refractivity contribution in [2.75, 3.05) is 26.4 Å². The molecule has 0 aliphatic rings. The molecular formula is C46H88NO8P. The van der Waals surface area contributed by atoms with Crippen LogP contribution in [0.2, 0.25) is 0 Å². The summed E-state index contributed by atoms with van der Waals surface area (Å²) in [5.41, 5.74) is 5.35. The second-order valence-electron chi connectivity index (χ2n) is 15.6. The van der Waals surface area contributed by atoms with Gasteiger partial charge in [-0.2, -0.15) is 0 Å². The highest BCUT2D eigenvalue weighted by atomic mass is 31.2. The van der Waals surface area contributed by atoms with Gasteiger partial charge in [0.05, 0.1) is 13.2 Å². The zero-order valence-electron chi connectivity index (χ0n) is 36.4. The molecule has 0 aromatic heterocycles. The molecule has 0 saturated heterocycles. The van der Waals surface area contributed by atoms with Gasteiger partial charge < -0.3 is 20.1 Å². The van der Waals surface area contributed by atoms with Gasteiger partial charge in [-0.1, -0.05) is 192 Å². The van der Waals surface area contributed by atoms with Crippen molar-refractivity contribution in [1.82, 2.24) is 0 Å².